The summed E-state index contributed by atoms with van der Waals surface area (Å²) in [5.41, 5.74) is 0.579. The van der Waals surface area contributed by atoms with Crippen LogP contribution in [0.25, 0.3) is 11.6 Å². The number of hydrogen-bond donors (Lipinski definition) is 0. The van der Waals surface area contributed by atoms with E-state index < -0.39 is 0 Å². The number of carbonyl (C=O) groups excluding carboxylic acids is 1. The molecule has 0 unspecified atom stereocenters. The Morgan fingerprint density at radius 1 is 1.13 bits per heavy atom. The first kappa shape index (κ1) is 13.5. The average Bonchev–Trinajstić information content (AvgIpc) is 3.05. The van der Waals surface area contributed by atoms with Crippen molar-refractivity contribution in [2.24, 2.45) is 0 Å². The number of carbonyl (C=O) groups is 1. The van der Waals surface area contributed by atoms with E-state index >= 15 is 0 Å². The normalized spacial score (nSPS) is 14.5. The fourth-order valence-electron chi connectivity index (χ4n) is 2.38. The number of amides is 1. The summed E-state index contributed by atoms with van der Waals surface area (Å²) in [6, 6.07) is 5.22. The molecule has 8 heteroatoms. The van der Waals surface area contributed by atoms with Crippen LogP contribution in [0.4, 0.5) is 0 Å². The first-order valence-corrected chi connectivity index (χ1v) is 7.11. The molecule has 0 bridgehead atoms. The molecule has 0 saturated carbocycles. The molecular formula is C15H12N6O2. The average molecular weight is 308 g/mol. The maximum atomic E-state index is 12.2. The predicted octanol–water partition coefficient (Wildman–Crippen LogP) is 1.16. The van der Waals surface area contributed by atoms with Gasteiger partial charge in [-0.25, -0.2) is 9.97 Å². The second kappa shape index (κ2) is 5.56. The van der Waals surface area contributed by atoms with Crippen molar-refractivity contribution >= 4 is 5.91 Å². The van der Waals surface area contributed by atoms with Gasteiger partial charge in [-0.3, -0.25) is 9.78 Å². The predicted molar refractivity (Wildman–Crippen MR) is 78.2 cm³/mol. The summed E-state index contributed by atoms with van der Waals surface area (Å²) in [6.07, 6.45) is 6.44. The highest BCUT2D eigenvalue weighted by atomic mass is 16.5. The van der Waals surface area contributed by atoms with Crippen molar-refractivity contribution in [1.82, 2.24) is 30.0 Å². The molecule has 1 fully saturated rings. The molecule has 0 spiro atoms. The molecule has 3 aromatic rings. The van der Waals surface area contributed by atoms with E-state index in [1.807, 2.05) is 0 Å². The Morgan fingerprint density at radius 3 is 2.70 bits per heavy atom. The number of nitrogens with zero attached hydrogens (tertiary/aromatic N) is 6. The Balaban J connectivity index is 1.43. The van der Waals surface area contributed by atoms with Crippen LogP contribution in [0.15, 0.2) is 47.5 Å². The van der Waals surface area contributed by atoms with Gasteiger partial charge >= 0.3 is 0 Å². The molecule has 4 rings (SSSR count). The summed E-state index contributed by atoms with van der Waals surface area (Å²) in [5.74, 6) is 1.28. The van der Waals surface area contributed by atoms with Crippen molar-refractivity contribution in [3.05, 3.63) is 54.4 Å². The zero-order valence-electron chi connectivity index (χ0n) is 12.0. The van der Waals surface area contributed by atoms with E-state index in [-0.39, 0.29) is 11.8 Å². The van der Waals surface area contributed by atoms with Crippen molar-refractivity contribution in [1.29, 1.82) is 0 Å². The summed E-state index contributed by atoms with van der Waals surface area (Å²) in [6.45, 7) is 1.09. The van der Waals surface area contributed by atoms with Crippen LogP contribution in [0.2, 0.25) is 0 Å². The third-order valence-electron chi connectivity index (χ3n) is 3.63. The Labute approximate surface area is 131 Å². The molecule has 8 nitrogen and oxygen atoms in total. The van der Waals surface area contributed by atoms with Crippen molar-refractivity contribution in [2.75, 3.05) is 13.1 Å². The molecular weight excluding hydrogens is 296 g/mol. The SMILES string of the molecule is O=C(c1cccnc1)N1CC(c2nc(-c3ncccn3)no2)C1. The van der Waals surface area contributed by atoms with E-state index in [0.29, 0.717) is 36.2 Å². The van der Waals surface area contributed by atoms with E-state index in [1.54, 1.807) is 47.9 Å². The third-order valence-corrected chi connectivity index (χ3v) is 3.63. The molecule has 1 amide bonds. The van der Waals surface area contributed by atoms with Crippen molar-refractivity contribution < 1.29 is 9.32 Å². The van der Waals surface area contributed by atoms with Gasteiger partial charge in [-0.15, -0.1) is 0 Å². The van der Waals surface area contributed by atoms with Crippen LogP contribution in [-0.4, -0.2) is 49.0 Å². The molecule has 0 aliphatic carbocycles. The minimum atomic E-state index is -0.0412. The second-order valence-corrected chi connectivity index (χ2v) is 5.18. The molecule has 1 saturated heterocycles. The summed E-state index contributed by atoms with van der Waals surface area (Å²) < 4.78 is 5.27. The molecule has 0 aromatic carbocycles. The van der Waals surface area contributed by atoms with Gasteiger partial charge in [0.15, 0.2) is 0 Å². The lowest BCUT2D eigenvalue weighted by atomic mass is 9.99. The largest absolute Gasteiger partial charge is 0.338 e. The van der Waals surface area contributed by atoms with Crippen molar-refractivity contribution in [3.63, 3.8) is 0 Å². The van der Waals surface area contributed by atoms with Crippen LogP contribution in [0.1, 0.15) is 22.2 Å². The highest BCUT2D eigenvalue weighted by molar-refractivity contribution is 5.94. The van der Waals surface area contributed by atoms with Gasteiger partial charge in [0, 0.05) is 37.9 Å². The van der Waals surface area contributed by atoms with Crippen LogP contribution < -0.4 is 0 Å². The van der Waals surface area contributed by atoms with Gasteiger partial charge in [-0.05, 0) is 18.2 Å². The lowest BCUT2D eigenvalue weighted by Gasteiger charge is -2.37. The summed E-state index contributed by atoms with van der Waals surface area (Å²) in [4.78, 5) is 30.4. The monoisotopic (exact) mass is 308 g/mol. The van der Waals surface area contributed by atoms with E-state index in [0.717, 1.165) is 0 Å². The van der Waals surface area contributed by atoms with Crippen LogP contribution in [-0.2, 0) is 0 Å². The summed E-state index contributed by atoms with van der Waals surface area (Å²) in [7, 11) is 0. The topological polar surface area (TPSA) is 97.9 Å². The number of likely N-dealkylation sites (tertiary alicyclic amines) is 1. The summed E-state index contributed by atoms with van der Waals surface area (Å²) >= 11 is 0. The molecule has 23 heavy (non-hydrogen) atoms. The van der Waals surface area contributed by atoms with Gasteiger partial charge in [0.2, 0.25) is 17.5 Å². The van der Waals surface area contributed by atoms with Gasteiger partial charge in [-0.1, -0.05) is 5.16 Å². The maximum absolute atomic E-state index is 12.2. The van der Waals surface area contributed by atoms with Gasteiger partial charge in [-0.2, -0.15) is 4.98 Å². The highest BCUT2D eigenvalue weighted by Crippen LogP contribution is 2.28. The van der Waals surface area contributed by atoms with Crippen LogP contribution >= 0.6 is 0 Å². The fourth-order valence-corrected chi connectivity index (χ4v) is 2.38. The molecule has 1 aliphatic heterocycles. The van der Waals surface area contributed by atoms with E-state index in [2.05, 4.69) is 25.1 Å². The van der Waals surface area contributed by atoms with Crippen molar-refractivity contribution in [2.45, 2.75) is 5.92 Å². The molecule has 3 aromatic heterocycles. The lowest BCUT2D eigenvalue weighted by Crippen LogP contribution is -2.48. The number of hydrogen-bond acceptors (Lipinski definition) is 7. The first-order chi connectivity index (χ1) is 11.3. The standard InChI is InChI=1S/C15H12N6O2/c22-15(10-3-1-4-16-7-10)21-8-11(9-21)14-19-13(20-23-14)12-17-5-2-6-18-12/h1-7,11H,8-9H2. The van der Waals surface area contributed by atoms with Crippen LogP contribution in [0.5, 0.6) is 0 Å². The van der Waals surface area contributed by atoms with Gasteiger partial charge in [0.05, 0.1) is 11.5 Å². The Bertz CT molecular complexity index is 814. The Hall–Kier alpha value is -3.16. The first-order valence-electron chi connectivity index (χ1n) is 7.11. The van der Waals surface area contributed by atoms with Crippen LogP contribution in [0, 0.1) is 0 Å². The number of aromatic nitrogens is 5. The van der Waals surface area contributed by atoms with E-state index in [9.17, 15) is 4.79 Å². The highest BCUT2D eigenvalue weighted by Gasteiger charge is 2.36. The molecule has 4 heterocycles. The quantitative estimate of drug-likeness (QED) is 0.716. The molecule has 0 atom stereocenters. The zero-order chi connectivity index (χ0) is 15.6. The minimum Gasteiger partial charge on any atom is -0.338 e. The van der Waals surface area contributed by atoms with E-state index in [4.69, 9.17) is 4.52 Å². The smallest absolute Gasteiger partial charge is 0.255 e. The van der Waals surface area contributed by atoms with Crippen molar-refractivity contribution in [3.8, 4) is 11.6 Å². The number of pyridine rings is 1. The Morgan fingerprint density at radius 2 is 1.96 bits per heavy atom. The van der Waals surface area contributed by atoms with Gasteiger partial charge in [0.25, 0.3) is 5.91 Å². The molecule has 1 aliphatic rings. The lowest BCUT2D eigenvalue weighted by molar-refractivity contribution is 0.0569. The zero-order valence-corrected chi connectivity index (χ0v) is 12.0. The van der Waals surface area contributed by atoms with Gasteiger partial charge in [0.1, 0.15) is 0 Å². The molecule has 0 radical (unpaired) electrons. The Kier molecular flexibility index (Phi) is 3.26. The van der Waals surface area contributed by atoms with Crippen LogP contribution in [0.3, 0.4) is 0 Å². The minimum absolute atomic E-state index is 0.0412. The second-order valence-electron chi connectivity index (χ2n) is 5.18. The maximum Gasteiger partial charge on any atom is 0.255 e. The van der Waals surface area contributed by atoms with Gasteiger partial charge < -0.3 is 9.42 Å². The number of rotatable bonds is 3. The third kappa shape index (κ3) is 2.54. The fraction of sp³-hybridized carbons (Fsp3) is 0.200. The molecule has 0 N–H and O–H groups in total. The summed E-state index contributed by atoms with van der Waals surface area (Å²) in [5, 5.41) is 3.89. The van der Waals surface area contributed by atoms with E-state index in [1.165, 1.54) is 0 Å². The molecule has 114 valence electrons.